The first-order chi connectivity index (χ1) is 9.40. The van der Waals surface area contributed by atoms with E-state index in [1.807, 2.05) is 4.98 Å². The van der Waals surface area contributed by atoms with Gasteiger partial charge in [0.1, 0.15) is 0 Å². The van der Waals surface area contributed by atoms with Crippen molar-refractivity contribution in [2.75, 3.05) is 6.61 Å². The first-order valence-electron chi connectivity index (χ1n) is 5.50. The second-order valence-electron chi connectivity index (χ2n) is 4.08. The Morgan fingerprint density at radius 3 is 2.65 bits per heavy atom. The number of hydrogen-bond acceptors (Lipinski definition) is 8. The summed E-state index contributed by atoms with van der Waals surface area (Å²) in [5.41, 5.74) is -1.44. The number of aliphatic hydroxyl groups excluding tert-OH is 2. The summed E-state index contributed by atoms with van der Waals surface area (Å²) in [7, 11) is 0. The van der Waals surface area contributed by atoms with Crippen LogP contribution in [0.1, 0.15) is 6.23 Å². The van der Waals surface area contributed by atoms with Crippen LogP contribution in [0, 0.1) is 0 Å². The van der Waals surface area contributed by atoms with Crippen LogP contribution in [0.4, 0.5) is 0 Å². The number of nitrogens with one attached hydrogen (secondary N) is 1. The Morgan fingerprint density at radius 2 is 2.05 bits per heavy atom. The van der Waals surface area contributed by atoms with Crippen molar-refractivity contribution in [2.24, 2.45) is 0 Å². The molecule has 0 radical (unpaired) electrons. The molecule has 110 valence electrons. The van der Waals surface area contributed by atoms with E-state index in [-0.39, 0.29) is 0 Å². The fourth-order valence-corrected chi connectivity index (χ4v) is 2.28. The van der Waals surface area contributed by atoms with Gasteiger partial charge in [0.05, 0.1) is 0 Å². The molecule has 2 rings (SSSR count). The fraction of sp³-hybridized carbons (Fsp3) is 0.556. The zero-order valence-electron chi connectivity index (χ0n) is 9.91. The molecule has 2 heterocycles. The molecule has 0 bridgehead atoms. The van der Waals surface area contributed by atoms with Gasteiger partial charge in [0.25, 0.3) is 0 Å². The molecule has 3 N–H and O–H groups in total. The van der Waals surface area contributed by atoms with Crippen molar-refractivity contribution in [3.8, 4) is 0 Å². The molecule has 10 nitrogen and oxygen atoms in total. The van der Waals surface area contributed by atoms with Crippen LogP contribution in [0.5, 0.6) is 0 Å². The number of aromatic amines is 1. The van der Waals surface area contributed by atoms with E-state index in [0.29, 0.717) is 0 Å². The molecule has 11 heteroatoms. The third-order valence-electron chi connectivity index (χ3n) is 2.81. The molecule has 0 aromatic carbocycles. The summed E-state index contributed by atoms with van der Waals surface area (Å²) in [4.78, 5) is 24.5. The van der Waals surface area contributed by atoms with Crippen LogP contribution in [0.25, 0.3) is 0 Å². The Balaban J connectivity index is 2.21. The van der Waals surface area contributed by atoms with Gasteiger partial charge in [0, 0.05) is 0 Å². The number of nitrogens with zero attached hydrogens (tertiary/aromatic N) is 1. The average molecular weight is 326 g/mol. The molecule has 1 aliphatic heterocycles. The number of H-pyrrole nitrogens is 1. The van der Waals surface area contributed by atoms with Crippen molar-refractivity contribution in [3.63, 3.8) is 0 Å². The van der Waals surface area contributed by atoms with Crippen molar-refractivity contribution in [1.29, 1.82) is 0 Å². The Bertz CT molecular complexity index is 656. The Morgan fingerprint density at radius 1 is 1.35 bits per heavy atom. The van der Waals surface area contributed by atoms with E-state index in [1.54, 1.807) is 0 Å². The van der Waals surface area contributed by atoms with Gasteiger partial charge < -0.3 is 0 Å². The maximum atomic E-state index is 11.6. The van der Waals surface area contributed by atoms with Gasteiger partial charge >= 0.3 is 115 Å². The van der Waals surface area contributed by atoms with Crippen molar-refractivity contribution in [3.05, 3.63) is 33.1 Å². The molecule has 1 saturated heterocycles. The van der Waals surface area contributed by atoms with Gasteiger partial charge in [-0.1, -0.05) is 0 Å². The number of aliphatic hydroxyl groups is 2. The number of hydrogen-bond donors (Lipinski definition) is 3. The summed E-state index contributed by atoms with van der Waals surface area (Å²) in [5, 5.41) is 19.5. The van der Waals surface area contributed by atoms with Gasteiger partial charge in [0.2, 0.25) is 0 Å². The van der Waals surface area contributed by atoms with Crippen molar-refractivity contribution >= 4 is 0 Å². The zero-order chi connectivity index (χ0) is 14.9. The molecule has 0 spiro atoms. The minimum atomic E-state index is -3.84. The molecule has 0 amide bonds. The van der Waals surface area contributed by atoms with Crippen molar-refractivity contribution in [1.82, 2.24) is 9.55 Å². The van der Waals surface area contributed by atoms with Gasteiger partial charge in [-0.3, -0.25) is 0 Å². The molecular formula is C9H11N2O8V. The molecule has 0 unspecified atom stereocenters. The second kappa shape index (κ2) is 6.00. The first kappa shape index (κ1) is 15.1. The van der Waals surface area contributed by atoms with Crippen molar-refractivity contribution in [2.45, 2.75) is 24.5 Å². The molecule has 1 aromatic heterocycles. The second-order valence-corrected chi connectivity index (χ2v) is 5.18. The van der Waals surface area contributed by atoms with Crippen LogP contribution in [0.2, 0.25) is 0 Å². The maximum absolute atomic E-state index is 11.6. The molecule has 4 atom stereocenters. The molecule has 1 aliphatic rings. The molecule has 1 fully saturated rings. The van der Waals surface area contributed by atoms with E-state index in [4.69, 9.17) is 4.74 Å². The van der Waals surface area contributed by atoms with E-state index in [1.165, 1.54) is 0 Å². The third kappa shape index (κ3) is 3.06. The van der Waals surface area contributed by atoms with Crippen LogP contribution in [-0.2, 0) is 31.1 Å². The van der Waals surface area contributed by atoms with Gasteiger partial charge in [-0.15, -0.1) is 0 Å². The summed E-state index contributed by atoms with van der Waals surface area (Å²) in [6.45, 7) is -0.459. The van der Waals surface area contributed by atoms with E-state index in [9.17, 15) is 27.2 Å². The summed E-state index contributed by atoms with van der Waals surface area (Å²) in [6.07, 6.45) is -4.14. The molecule has 0 saturated carbocycles. The van der Waals surface area contributed by atoms with E-state index >= 15 is 0 Å². The van der Waals surface area contributed by atoms with Gasteiger partial charge in [0.15, 0.2) is 0 Å². The molecule has 20 heavy (non-hydrogen) atoms. The van der Waals surface area contributed by atoms with E-state index in [2.05, 4.69) is 3.66 Å². The standard InChI is InChI=1S/C9H11N2O6.2O.V/c12-3-4-6(14)7(15)8(17-4)11-2-1-5(13)10-9(11)16;;;/h1-2,4,6-8,14-15H,3H2,(H,10,13,16);;;/q-1;;;+1/t4-,6-,7-,8-;;;/m1.../s1. The zero-order valence-corrected chi connectivity index (χ0v) is 11.3. The van der Waals surface area contributed by atoms with Crippen LogP contribution < -0.4 is 11.2 Å². The monoisotopic (exact) mass is 326 g/mol. The van der Waals surface area contributed by atoms with Crippen LogP contribution in [-0.4, -0.2) is 44.7 Å². The molecular weight excluding hydrogens is 315 g/mol. The van der Waals surface area contributed by atoms with Crippen LogP contribution in [0.3, 0.4) is 0 Å². The summed E-state index contributed by atoms with van der Waals surface area (Å²) >= 11 is -3.84. The number of ether oxygens (including phenoxy) is 1. The quantitative estimate of drug-likeness (QED) is 0.545. The Kier molecular flexibility index (Phi) is 4.53. The first-order valence-corrected chi connectivity index (χ1v) is 7.21. The number of aromatic nitrogens is 2. The fourth-order valence-electron chi connectivity index (χ4n) is 1.86. The van der Waals surface area contributed by atoms with Gasteiger partial charge in [-0.2, -0.15) is 0 Å². The van der Waals surface area contributed by atoms with Crippen LogP contribution >= 0.6 is 0 Å². The summed E-state index contributed by atoms with van der Waals surface area (Å²) in [6, 6.07) is 1.05. The SMILES string of the molecule is O=c1ccn([C@@H]2O[C@H](C[O][V](=[O])=[O])[C@@H](O)[C@H]2O)c(=O)[nH]1. The van der Waals surface area contributed by atoms with Gasteiger partial charge in [-0.25, -0.2) is 0 Å². The third-order valence-corrected chi connectivity index (χ3v) is 3.37. The Hall–Kier alpha value is -1.30. The number of rotatable bonds is 4. The normalized spacial score (nSPS) is 29.5. The van der Waals surface area contributed by atoms with Crippen LogP contribution in [0.15, 0.2) is 21.9 Å². The topological polar surface area (TPSA) is 148 Å². The predicted molar refractivity (Wildman–Crippen MR) is 54.6 cm³/mol. The predicted octanol–water partition coefficient (Wildman–Crippen LogP) is -2.60. The minimum absolute atomic E-state index is 0.459. The Labute approximate surface area is 115 Å². The summed E-state index contributed by atoms with van der Waals surface area (Å²) in [5.74, 6) is 0. The molecule has 1 aromatic rings. The van der Waals surface area contributed by atoms with E-state index in [0.717, 1.165) is 16.8 Å². The average Bonchev–Trinajstić information content (AvgIpc) is 2.64. The van der Waals surface area contributed by atoms with Gasteiger partial charge in [-0.05, 0) is 0 Å². The van der Waals surface area contributed by atoms with E-state index < -0.39 is 57.8 Å². The van der Waals surface area contributed by atoms with Crippen molar-refractivity contribution < 1.29 is 41.4 Å². The summed E-state index contributed by atoms with van der Waals surface area (Å²) < 4.78 is 31.2. The molecule has 0 aliphatic carbocycles.